The number of carbonyl (C=O) groups excluding carboxylic acids is 1. The number of unbranched alkanes of at least 4 members (excludes halogenated alkanes) is 9. The van der Waals surface area contributed by atoms with Gasteiger partial charge in [-0.15, -0.1) is 0 Å². The van der Waals surface area contributed by atoms with E-state index in [2.05, 4.69) is 19.1 Å². The molecule has 0 bridgehead atoms. The summed E-state index contributed by atoms with van der Waals surface area (Å²) < 4.78 is 11.0. The Morgan fingerprint density at radius 3 is 2.23 bits per heavy atom. The molecule has 1 heterocycles. The number of hydrogen-bond donors (Lipinski definition) is 0. The molecule has 4 nitrogen and oxygen atoms in total. The lowest BCUT2D eigenvalue weighted by molar-refractivity contribution is -0.140. The molecular formula is C26H41NO3. The summed E-state index contributed by atoms with van der Waals surface area (Å²) in [6.07, 6.45) is 16.4. The molecule has 168 valence electrons. The largest absolute Gasteiger partial charge is 0.472 e. The minimum absolute atomic E-state index is 0.0987. The van der Waals surface area contributed by atoms with E-state index in [1.807, 2.05) is 18.2 Å². The average molecular weight is 416 g/mol. The fraction of sp³-hybridized carbons (Fsp3) is 0.692. The van der Waals surface area contributed by atoms with Gasteiger partial charge in [0.2, 0.25) is 5.90 Å². The van der Waals surface area contributed by atoms with Crippen LogP contribution < -0.4 is 0 Å². The first-order valence-corrected chi connectivity index (χ1v) is 12.1. The smallest absolute Gasteiger partial charge is 0.305 e. The van der Waals surface area contributed by atoms with Crippen molar-refractivity contribution < 1.29 is 14.3 Å². The van der Waals surface area contributed by atoms with E-state index in [-0.39, 0.29) is 18.1 Å². The Balaban J connectivity index is 1.74. The topological polar surface area (TPSA) is 47.9 Å². The second kappa shape index (κ2) is 15.0. The van der Waals surface area contributed by atoms with Crippen LogP contribution in [0.2, 0.25) is 0 Å². The summed E-state index contributed by atoms with van der Waals surface area (Å²) >= 11 is 0. The maximum Gasteiger partial charge on any atom is 0.305 e. The number of benzene rings is 1. The molecule has 1 aromatic rings. The predicted molar refractivity (Wildman–Crippen MR) is 124 cm³/mol. The van der Waals surface area contributed by atoms with Gasteiger partial charge in [0.15, 0.2) is 0 Å². The van der Waals surface area contributed by atoms with Crippen LogP contribution in [0.1, 0.15) is 102 Å². The minimum atomic E-state index is -0.0987. The Bertz CT molecular complexity index is 614. The molecule has 0 aliphatic carbocycles. The summed E-state index contributed by atoms with van der Waals surface area (Å²) in [5, 5.41) is 0. The van der Waals surface area contributed by atoms with E-state index in [0.717, 1.165) is 37.1 Å². The van der Waals surface area contributed by atoms with Gasteiger partial charge in [0.1, 0.15) is 6.10 Å². The first-order valence-electron chi connectivity index (χ1n) is 12.1. The second-order valence-corrected chi connectivity index (χ2v) is 8.46. The van der Waals surface area contributed by atoms with E-state index in [4.69, 9.17) is 14.5 Å². The molecule has 0 unspecified atom stereocenters. The fourth-order valence-electron chi connectivity index (χ4n) is 4.09. The number of rotatable bonds is 16. The molecule has 0 aromatic heterocycles. The molecule has 0 radical (unpaired) electrons. The van der Waals surface area contributed by atoms with E-state index < -0.39 is 0 Å². The van der Waals surface area contributed by atoms with Gasteiger partial charge in [0.05, 0.1) is 13.2 Å². The predicted octanol–water partition coefficient (Wildman–Crippen LogP) is 6.85. The zero-order chi connectivity index (χ0) is 21.4. The van der Waals surface area contributed by atoms with Crippen molar-refractivity contribution in [1.29, 1.82) is 0 Å². The molecule has 0 saturated heterocycles. The van der Waals surface area contributed by atoms with Gasteiger partial charge in [0.25, 0.3) is 0 Å². The molecule has 0 saturated carbocycles. The van der Waals surface area contributed by atoms with Gasteiger partial charge in [-0.05, 0) is 37.8 Å². The number of aliphatic imine (C=N–C) groups is 1. The van der Waals surface area contributed by atoms with E-state index in [9.17, 15) is 4.79 Å². The van der Waals surface area contributed by atoms with Gasteiger partial charge < -0.3 is 9.47 Å². The van der Waals surface area contributed by atoms with E-state index >= 15 is 0 Å². The molecular weight excluding hydrogens is 374 g/mol. The third-order valence-corrected chi connectivity index (χ3v) is 5.95. The van der Waals surface area contributed by atoms with E-state index in [1.54, 1.807) is 0 Å². The Morgan fingerprint density at radius 2 is 1.53 bits per heavy atom. The van der Waals surface area contributed by atoms with Gasteiger partial charge in [-0.2, -0.15) is 0 Å². The van der Waals surface area contributed by atoms with Crippen molar-refractivity contribution in [3.05, 3.63) is 35.9 Å². The van der Waals surface area contributed by atoms with Gasteiger partial charge in [0, 0.05) is 12.0 Å². The molecule has 2 rings (SSSR count). The number of hydrogen-bond acceptors (Lipinski definition) is 4. The van der Waals surface area contributed by atoms with Crippen LogP contribution in [0.25, 0.3) is 0 Å². The summed E-state index contributed by atoms with van der Waals surface area (Å²) in [6, 6.07) is 10.6. The van der Waals surface area contributed by atoms with Gasteiger partial charge in [-0.1, -0.05) is 82.9 Å². The van der Waals surface area contributed by atoms with Crippen molar-refractivity contribution >= 4 is 11.9 Å². The highest BCUT2D eigenvalue weighted by atomic mass is 16.5. The second-order valence-electron chi connectivity index (χ2n) is 8.46. The number of methoxy groups -OCH3 is 1. The Morgan fingerprint density at radius 1 is 0.900 bits per heavy atom. The zero-order valence-corrected chi connectivity index (χ0v) is 19.1. The van der Waals surface area contributed by atoms with Crippen LogP contribution in [0.5, 0.6) is 0 Å². The summed E-state index contributed by atoms with van der Waals surface area (Å²) in [4.78, 5) is 16.1. The molecule has 2 atom stereocenters. The first kappa shape index (κ1) is 24.4. The SMILES string of the molecule is CCCCCCCC[C@H]1OC(c2ccccc2)=N[C@@H]1CCCCCCCC(=O)OC. The fourth-order valence-corrected chi connectivity index (χ4v) is 4.09. The number of ether oxygens (including phenoxy) is 2. The molecule has 0 N–H and O–H groups in total. The summed E-state index contributed by atoms with van der Waals surface area (Å²) in [5.74, 6) is 0.730. The highest BCUT2D eigenvalue weighted by Crippen LogP contribution is 2.26. The van der Waals surface area contributed by atoms with Crippen LogP contribution in [0.15, 0.2) is 35.3 Å². The van der Waals surface area contributed by atoms with Crippen molar-refractivity contribution in [2.75, 3.05) is 7.11 Å². The highest BCUT2D eigenvalue weighted by Gasteiger charge is 2.30. The van der Waals surface area contributed by atoms with Crippen LogP contribution in [0, 0.1) is 0 Å². The number of nitrogens with zero attached hydrogens (tertiary/aromatic N) is 1. The first-order chi connectivity index (χ1) is 14.7. The third-order valence-electron chi connectivity index (χ3n) is 5.95. The van der Waals surface area contributed by atoms with Crippen LogP contribution in [-0.2, 0) is 14.3 Å². The van der Waals surface area contributed by atoms with Crippen molar-refractivity contribution in [3.8, 4) is 0 Å². The van der Waals surface area contributed by atoms with Gasteiger partial charge >= 0.3 is 5.97 Å². The lowest BCUT2D eigenvalue weighted by Crippen LogP contribution is -2.22. The van der Waals surface area contributed by atoms with Crippen molar-refractivity contribution in [1.82, 2.24) is 0 Å². The standard InChI is InChI=1S/C26H41NO3/c1-3-4-5-6-9-15-20-24-23(19-14-8-7-10-16-21-25(28)29-2)27-26(30-24)22-17-12-11-13-18-22/h11-13,17-18,23-24H,3-10,14-16,19-21H2,1-2H3/t23-,24-/m1/s1. The van der Waals surface area contributed by atoms with Gasteiger partial charge in [-0.25, -0.2) is 4.99 Å². The molecule has 0 fully saturated rings. The van der Waals surface area contributed by atoms with Crippen molar-refractivity contribution in [2.24, 2.45) is 4.99 Å². The molecule has 30 heavy (non-hydrogen) atoms. The average Bonchev–Trinajstić information content (AvgIpc) is 3.18. The Kier molecular flexibility index (Phi) is 12.2. The lowest BCUT2D eigenvalue weighted by Gasteiger charge is -2.17. The number of carbonyl (C=O) groups is 1. The minimum Gasteiger partial charge on any atom is -0.472 e. The van der Waals surface area contributed by atoms with Crippen molar-refractivity contribution in [3.63, 3.8) is 0 Å². The molecule has 1 aliphatic heterocycles. The molecule has 1 aliphatic rings. The molecule has 0 spiro atoms. The third kappa shape index (κ3) is 9.32. The van der Waals surface area contributed by atoms with Crippen LogP contribution in [0.3, 0.4) is 0 Å². The van der Waals surface area contributed by atoms with Gasteiger partial charge in [-0.3, -0.25) is 4.79 Å². The molecule has 4 heteroatoms. The highest BCUT2D eigenvalue weighted by molar-refractivity contribution is 5.95. The monoisotopic (exact) mass is 415 g/mol. The molecule has 1 aromatic carbocycles. The maximum absolute atomic E-state index is 11.2. The van der Waals surface area contributed by atoms with E-state index in [1.165, 1.54) is 64.9 Å². The molecule has 0 amide bonds. The Hall–Kier alpha value is -1.84. The summed E-state index contributed by atoms with van der Waals surface area (Å²) in [7, 11) is 1.46. The van der Waals surface area contributed by atoms with Crippen molar-refractivity contribution in [2.45, 2.75) is 109 Å². The Labute approximate surface area is 183 Å². The van der Waals surface area contributed by atoms with Crippen LogP contribution >= 0.6 is 0 Å². The van der Waals surface area contributed by atoms with E-state index in [0.29, 0.717) is 6.42 Å². The van der Waals surface area contributed by atoms with Crippen LogP contribution in [-0.4, -0.2) is 31.1 Å². The quantitative estimate of drug-likeness (QED) is 0.219. The number of esters is 1. The lowest BCUT2D eigenvalue weighted by atomic mass is 9.98. The normalized spacial score (nSPS) is 18.1. The zero-order valence-electron chi connectivity index (χ0n) is 19.1. The summed E-state index contributed by atoms with van der Waals surface area (Å²) in [5.41, 5.74) is 1.09. The maximum atomic E-state index is 11.2. The summed E-state index contributed by atoms with van der Waals surface area (Å²) in [6.45, 7) is 2.26. The van der Waals surface area contributed by atoms with Crippen LogP contribution in [0.4, 0.5) is 0 Å².